The van der Waals surface area contributed by atoms with Crippen molar-refractivity contribution in [3.8, 4) is 0 Å². The fraction of sp³-hybridized carbons (Fsp3) is 0.467. The van der Waals surface area contributed by atoms with Crippen molar-refractivity contribution >= 4 is 10.9 Å². The first-order chi connectivity index (χ1) is 8.05. The van der Waals surface area contributed by atoms with Gasteiger partial charge in [-0.05, 0) is 38.7 Å². The second kappa shape index (κ2) is 3.61. The molecule has 1 saturated carbocycles. The van der Waals surface area contributed by atoms with E-state index < -0.39 is 5.60 Å². The fourth-order valence-corrected chi connectivity index (χ4v) is 2.46. The van der Waals surface area contributed by atoms with Crippen LogP contribution < -0.4 is 0 Å². The van der Waals surface area contributed by atoms with E-state index in [0.29, 0.717) is 0 Å². The van der Waals surface area contributed by atoms with E-state index in [2.05, 4.69) is 29.0 Å². The summed E-state index contributed by atoms with van der Waals surface area (Å²) in [4.78, 5) is 0. The van der Waals surface area contributed by atoms with E-state index >= 15 is 0 Å². The van der Waals surface area contributed by atoms with Gasteiger partial charge < -0.3 is 9.67 Å². The van der Waals surface area contributed by atoms with Gasteiger partial charge in [0.15, 0.2) is 0 Å². The lowest BCUT2D eigenvalue weighted by Crippen LogP contribution is -2.14. The van der Waals surface area contributed by atoms with Crippen LogP contribution in [0.4, 0.5) is 0 Å². The summed E-state index contributed by atoms with van der Waals surface area (Å²) in [5, 5.41) is 11.4. The zero-order valence-electron chi connectivity index (χ0n) is 10.5. The largest absolute Gasteiger partial charge is 0.386 e. The van der Waals surface area contributed by atoms with E-state index in [1.807, 2.05) is 19.9 Å². The van der Waals surface area contributed by atoms with Gasteiger partial charge in [-0.3, -0.25) is 0 Å². The normalized spacial score (nSPS) is 16.6. The Morgan fingerprint density at radius 1 is 1.29 bits per heavy atom. The highest BCUT2D eigenvalue weighted by Crippen LogP contribution is 2.35. The second-order valence-corrected chi connectivity index (χ2v) is 5.71. The summed E-state index contributed by atoms with van der Waals surface area (Å²) < 4.78 is 2.31. The molecule has 0 aliphatic heterocycles. The van der Waals surface area contributed by atoms with Crippen molar-refractivity contribution in [2.24, 2.45) is 5.92 Å². The number of para-hydroxylation sites is 1. The second-order valence-electron chi connectivity index (χ2n) is 5.71. The van der Waals surface area contributed by atoms with Crippen LogP contribution in [0.15, 0.2) is 30.5 Å². The molecule has 0 saturated heterocycles. The predicted molar refractivity (Wildman–Crippen MR) is 69.9 cm³/mol. The SMILES string of the molecule is CC(C)(O)c1cn(CC2CC2)c2ccccc12. The topological polar surface area (TPSA) is 25.2 Å². The number of hydrogen-bond donors (Lipinski definition) is 1. The van der Waals surface area contributed by atoms with Gasteiger partial charge in [-0.25, -0.2) is 0 Å². The molecule has 2 heteroatoms. The molecule has 1 N–H and O–H groups in total. The molecular weight excluding hydrogens is 210 g/mol. The Kier molecular flexibility index (Phi) is 2.30. The molecule has 0 radical (unpaired) electrons. The molecule has 0 unspecified atom stereocenters. The highest BCUT2D eigenvalue weighted by atomic mass is 16.3. The summed E-state index contributed by atoms with van der Waals surface area (Å²) >= 11 is 0. The quantitative estimate of drug-likeness (QED) is 0.858. The molecule has 1 aliphatic rings. The summed E-state index contributed by atoms with van der Waals surface area (Å²) in [7, 11) is 0. The number of rotatable bonds is 3. The Morgan fingerprint density at radius 3 is 2.65 bits per heavy atom. The van der Waals surface area contributed by atoms with Gasteiger partial charge in [-0.2, -0.15) is 0 Å². The molecule has 1 heterocycles. The first kappa shape index (κ1) is 10.8. The van der Waals surface area contributed by atoms with Crippen LogP contribution in [0.2, 0.25) is 0 Å². The lowest BCUT2D eigenvalue weighted by Gasteiger charge is -2.16. The number of fused-ring (bicyclic) bond motifs is 1. The third kappa shape index (κ3) is 1.98. The minimum absolute atomic E-state index is 0.769. The Bertz CT molecular complexity index is 544. The van der Waals surface area contributed by atoms with Gasteiger partial charge in [-0.1, -0.05) is 18.2 Å². The lowest BCUT2D eigenvalue weighted by molar-refractivity contribution is 0.0799. The molecule has 90 valence electrons. The molecular formula is C15H19NO. The summed E-state index contributed by atoms with van der Waals surface area (Å²) in [6, 6.07) is 8.36. The van der Waals surface area contributed by atoms with Crippen LogP contribution in [0.1, 0.15) is 32.3 Å². The van der Waals surface area contributed by atoms with Gasteiger partial charge >= 0.3 is 0 Å². The van der Waals surface area contributed by atoms with Crippen molar-refractivity contribution < 1.29 is 5.11 Å². The minimum Gasteiger partial charge on any atom is -0.386 e. The first-order valence-corrected chi connectivity index (χ1v) is 6.36. The first-order valence-electron chi connectivity index (χ1n) is 6.36. The van der Waals surface area contributed by atoms with Crippen LogP contribution in [0.3, 0.4) is 0 Å². The summed E-state index contributed by atoms with van der Waals surface area (Å²) in [6.45, 7) is 4.81. The van der Waals surface area contributed by atoms with E-state index in [1.165, 1.54) is 23.7 Å². The molecule has 0 spiro atoms. The third-order valence-corrected chi connectivity index (χ3v) is 3.60. The van der Waals surface area contributed by atoms with Gasteiger partial charge in [0.05, 0.1) is 5.60 Å². The van der Waals surface area contributed by atoms with Crippen molar-refractivity contribution in [2.75, 3.05) is 0 Å². The van der Waals surface area contributed by atoms with Crippen LogP contribution >= 0.6 is 0 Å². The zero-order valence-corrected chi connectivity index (χ0v) is 10.5. The molecule has 0 amide bonds. The molecule has 2 nitrogen and oxygen atoms in total. The van der Waals surface area contributed by atoms with Crippen molar-refractivity contribution in [3.05, 3.63) is 36.0 Å². The maximum absolute atomic E-state index is 10.2. The number of nitrogens with zero attached hydrogens (tertiary/aromatic N) is 1. The van der Waals surface area contributed by atoms with Gasteiger partial charge in [-0.15, -0.1) is 0 Å². The van der Waals surface area contributed by atoms with Crippen LogP contribution in [0, 0.1) is 5.92 Å². The van der Waals surface area contributed by atoms with E-state index in [1.54, 1.807) is 0 Å². The highest BCUT2D eigenvalue weighted by molar-refractivity contribution is 5.84. The van der Waals surface area contributed by atoms with Crippen molar-refractivity contribution in [2.45, 2.75) is 38.8 Å². The monoisotopic (exact) mass is 229 g/mol. The van der Waals surface area contributed by atoms with Gasteiger partial charge in [0.25, 0.3) is 0 Å². The predicted octanol–water partition coefficient (Wildman–Crippen LogP) is 3.28. The lowest BCUT2D eigenvalue weighted by atomic mass is 9.98. The fourth-order valence-electron chi connectivity index (χ4n) is 2.46. The third-order valence-electron chi connectivity index (χ3n) is 3.60. The molecule has 3 rings (SSSR count). The molecule has 2 aromatic rings. The van der Waals surface area contributed by atoms with E-state index in [0.717, 1.165) is 18.0 Å². The van der Waals surface area contributed by atoms with E-state index in [-0.39, 0.29) is 0 Å². The maximum Gasteiger partial charge on any atom is 0.0861 e. The maximum atomic E-state index is 10.2. The number of aromatic nitrogens is 1. The van der Waals surface area contributed by atoms with Crippen molar-refractivity contribution in [3.63, 3.8) is 0 Å². The Hall–Kier alpha value is -1.28. The average molecular weight is 229 g/mol. The van der Waals surface area contributed by atoms with Crippen LogP contribution in [-0.2, 0) is 12.1 Å². The summed E-state index contributed by atoms with van der Waals surface area (Å²) in [5.74, 6) is 0.848. The number of hydrogen-bond acceptors (Lipinski definition) is 1. The summed E-state index contributed by atoms with van der Waals surface area (Å²) in [5.41, 5.74) is 1.51. The number of aliphatic hydroxyl groups is 1. The molecule has 17 heavy (non-hydrogen) atoms. The van der Waals surface area contributed by atoms with Crippen molar-refractivity contribution in [1.82, 2.24) is 4.57 Å². The van der Waals surface area contributed by atoms with Crippen LogP contribution in [0.5, 0.6) is 0 Å². The minimum atomic E-state index is -0.769. The molecule has 1 aromatic heterocycles. The molecule has 1 fully saturated rings. The van der Waals surface area contributed by atoms with Gasteiger partial charge in [0.1, 0.15) is 0 Å². The molecule has 1 aromatic carbocycles. The van der Waals surface area contributed by atoms with Crippen LogP contribution in [-0.4, -0.2) is 9.67 Å². The van der Waals surface area contributed by atoms with Gasteiger partial charge in [0, 0.05) is 29.2 Å². The standard InChI is InChI=1S/C15H19NO/c1-15(2,17)13-10-16(9-11-7-8-11)14-6-4-3-5-12(13)14/h3-6,10-11,17H,7-9H2,1-2H3. The smallest absolute Gasteiger partial charge is 0.0861 e. The van der Waals surface area contributed by atoms with Gasteiger partial charge in [0.2, 0.25) is 0 Å². The zero-order chi connectivity index (χ0) is 12.0. The highest BCUT2D eigenvalue weighted by Gasteiger charge is 2.25. The van der Waals surface area contributed by atoms with Crippen molar-refractivity contribution in [1.29, 1.82) is 0 Å². The van der Waals surface area contributed by atoms with E-state index in [4.69, 9.17) is 0 Å². The Morgan fingerprint density at radius 2 is 2.00 bits per heavy atom. The Labute approximate surface area is 102 Å². The molecule has 1 aliphatic carbocycles. The van der Waals surface area contributed by atoms with Crippen LogP contribution in [0.25, 0.3) is 10.9 Å². The molecule has 0 bridgehead atoms. The summed E-state index contributed by atoms with van der Waals surface area (Å²) in [6.07, 6.45) is 4.83. The number of benzene rings is 1. The van der Waals surface area contributed by atoms with E-state index in [9.17, 15) is 5.11 Å². The average Bonchev–Trinajstić information content (AvgIpc) is 2.99. The Balaban J connectivity index is 2.15. The molecule has 0 atom stereocenters.